The highest BCUT2D eigenvalue weighted by Crippen LogP contribution is 2.56. The number of hydrogen-bond acceptors (Lipinski definition) is 6. The predicted molar refractivity (Wildman–Crippen MR) is 79.2 cm³/mol. The number of methoxy groups -OCH3 is 2. The van der Waals surface area contributed by atoms with Crippen molar-refractivity contribution in [2.45, 2.75) is 25.4 Å². The van der Waals surface area contributed by atoms with Crippen LogP contribution in [-0.4, -0.2) is 51.1 Å². The maximum Gasteiger partial charge on any atom is 0.236 e. The zero-order valence-electron chi connectivity index (χ0n) is 12.8. The molecule has 2 bridgehead atoms. The fraction of sp³-hybridized carbons (Fsp3) is 0.733. The highest BCUT2D eigenvalue weighted by Gasteiger charge is 2.64. The highest BCUT2D eigenvalue weighted by molar-refractivity contribution is 9.11. The van der Waals surface area contributed by atoms with Crippen molar-refractivity contribution in [3.05, 3.63) is 10.1 Å². The third kappa shape index (κ3) is 2.06. The van der Waals surface area contributed by atoms with Gasteiger partial charge in [0.15, 0.2) is 6.29 Å². The van der Waals surface area contributed by atoms with Gasteiger partial charge in [0.2, 0.25) is 11.6 Å². The van der Waals surface area contributed by atoms with Gasteiger partial charge >= 0.3 is 0 Å². The summed E-state index contributed by atoms with van der Waals surface area (Å²) in [4.78, 5) is 24.9. The van der Waals surface area contributed by atoms with Crippen molar-refractivity contribution >= 4 is 27.5 Å². The molecule has 2 fully saturated rings. The SMILES string of the molecule is COC1(OC)C(=O)[C@H]2C(Br)=C(C3OCCO3)[C@H]1C[C@H]2C(C)=O. The lowest BCUT2D eigenvalue weighted by Gasteiger charge is -2.51. The number of ether oxygens (including phenoxy) is 4. The number of Topliss-reactive ketones (excluding diaryl/α,β-unsaturated/α-hetero) is 2. The first-order chi connectivity index (χ1) is 10.5. The van der Waals surface area contributed by atoms with Gasteiger partial charge in [-0.25, -0.2) is 0 Å². The van der Waals surface area contributed by atoms with Crippen molar-refractivity contribution in [1.82, 2.24) is 0 Å². The van der Waals surface area contributed by atoms with Gasteiger partial charge in [-0.15, -0.1) is 0 Å². The van der Waals surface area contributed by atoms with E-state index in [1.807, 2.05) is 0 Å². The van der Waals surface area contributed by atoms with E-state index in [0.29, 0.717) is 24.1 Å². The van der Waals surface area contributed by atoms with Crippen LogP contribution in [0.2, 0.25) is 0 Å². The molecule has 0 spiro atoms. The number of carbonyl (C=O) groups excluding carboxylic acids is 2. The number of rotatable bonds is 4. The first-order valence-corrected chi connectivity index (χ1v) is 8.05. The molecular formula is C15H19BrO6. The van der Waals surface area contributed by atoms with Crippen LogP contribution in [0.5, 0.6) is 0 Å². The molecule has 3 aliphatic carbocycles. The summed E-state index contributed by atoms with van der Waals surface area (Å²) in [7, 11) is 2.90. The molecule has 7 heteroatoms. The quantitative estimate of drug-likeness (QED) is 0.693. The van der Waals surface area contributed by atoms with Crippen molar-refractivity contribution in [1.29, 1.82) is 0 Å². The van der Waals surface area contributed by atoms with E-state index in [9.17, 15) is 9.59 Å². The fourth-order valence-corrected chi connectivity index (χ4v) is 4.86. The molecule has 0 aromatic heterocycles. The number of halogens is 1. The predicted octanol–water partition coefficient (Wildman–Crippen LogP) is 1.42. The second-order valence-corrected chi connectivity index (χ2v) is 6.65. The van der Waals surface area contributed by atoms with Crippen molar-refractivity contribution in [2.75, 3.05) is 27.4 Å². The number of hydrogen-bond donors (Lipinski definition) is 0. The minimum absolute atomic E-state index is 0.00610. The molecule has 0 N–H and O–H groups in total. The summed E-state index contributed by atoms with van der Waals surface area (Å²) in [5.41, 5.74) is 0.822. The van der Waals surface area contributed by atoms with Gasteiger partial charge in [-0.2, -0.15) is 0 Å². The lowest BCUT2D eigenvalue weighted by atomic mass is 9.60. The summed E-state index contributed by atoms with van der Waals surface area (Å²) in [6.07, 6.45) is -0.0336. The highest BCUT2D eigenvalue weighted by atomic mass is 79.9. The Morgan fingerprint density at radius 1 is 1.27 bits per heavy atom. The second kappa shape index (κ2) is 5.79. The number of ketones is 2. The average Bonchev–Trinajstić information content (AvgIpc) is 3.01. The Morgan fingerprint density at radius 3 is 2.36 bits per heavy atom. The van der Waals surface area contributed by atoms with Crippen LogP contribution in [0.4, 0.5) is 0 Å². The van der Waals surface area contributed by atoms with E-state index in [0.717, 1.165) is 5.57 Å². The molecule has 22 heavy (non-hydrogen) atoms. The van der Waals surface area contributed by atoms with Crippen LogP contribution >= 0.6 is 15.9 Å². The molecular weight excluding hydrogens is 356 g/mol. The van der Waals surface area contributed by atoms with Crippen LogP contribution in [0, 0.1) is 17.8 Å². The van der Waals surface area contributed by atoms with E-state index in [1.165, 1.54) is 21.1 Å². The van der Waals surface area contributed by atoms with Crippen molar-refractivity contribution in [2.24, 2.45) is 17.8 Å². The molecule has 0 radical (unpaired) electrons. The third-order valence-corrected chi connectivity index (χ3v) is 5.86. The largest absolute Gasteiger partial charge is 0.347 e. The summed E-state index contributed by atoms with van der Waals surface area (Å²) in [6, 6.07) is 0. The van der Waals surface area contributed by atoms with Crippen molar-refractivity contribution in [3.8, 4) is 0 Å². The molecule has 122 valence electrons. The first-order valence-electron chi connectivity index (χ1n) is 7.25. The number of carbonyl (C=O) groups is 2. The maximum atomic E-state index is 12.9. The summed E-state index contributed by atoms with van der Waals surface area (Å²) in [5, 5.41) is 0. The van der Waals surface area contributed by atoms with Crippen LogP contribution < -0.4 is 0 Å². The zero-order chi connectivity index (χ0) is 16.1. The topological polar surface area (TPSA) is 71.1 Å². The smallest absolute Gasteiger partial charge is 0.236 e. The second-order valence-electron chi connectivity index (χ2n) is 5.80. The normalized spacial score (nSPS) is 34.5. The third-order valence-electron chi connectivity index (χ3n) is 4.91. The Hall–Kier alpha value is -0.600. The van der Waals surface area contributed by atoms with Gasteiger partial charge in [-0.1, -0.05) is 15.9 Å². The van der Waals surface area contributed by atoms with E-state index >= 15 is 0 Å². The van der Waals surface area contributed by atoms with Crippen LogP contribution in [-0.2, 0) is 28.5 Å². The molecule has 1 saturated heterocycles. The van der Waals surface area contributed by atoms with Crippen molar-refractivity contribution < 1.29 is 28.5 Å². The van der Waals surface area contributed by atoms with E-state index in [2.05, 4.69) is 15.9 Å². The Kier molecular flexibility index (Phi) is 4.28. The molecule has 1 heterocycles. The zero-order valence-corrected chi connectivity index (χ0v) is 14.3. The fourth-order valence-electron chi connectivity index (χ4n) is 3.87. The molecule has 0 aromatic rings. The van der Waals surface area contributed by atoms with Gasteiger partial charge in [0.05, 0.1) is 19.1 Å². The van der Waals surface area contributed by atoms with Gasteiger partial charge in [0.1, 0.15) is 5.78 Å². The lowest BCUT2D eigenvalue weighted by molar-refractivity contribution is -0.245. The Balaban J connectivity index is 2.12. The minimum atomic E-state index is -1.38. The van der Waals surface area contributed by atoms with Crippen molar-refractivity contribution in [3.63, 3.8) is 0 Å². The van der Waals surface area contributed by atoms with Crippen LogP contribution in [0.15, 0.2) is 10.1 Å². The number of allylic oxidation sites excluding steroid dienone is 1. The molecule has 0 unspecified atom stereocenters. The lowest BCUT2D eigenvalue weighted by Crippen LogP contribution is -2.63. The van der Waals surface area contributed by atoms with E-state index < -0.39 is 23.9 Å². The summed E-state index contributed by atoms with van der Waals surface area (Å²) in [5.74, 6) is -2.98. The number of fused-ring (bicyclic) bond motifs is 2. The summed E-state index contributed by atoms with van der Waals surface area (Å²) >= 11 is 3.52. The molecule has 1 aliphatic heterocycles. The molecule has 1 saturated carbocycles. The molecule has 3 atom stereocenters. The summed E-state index contributed by atoms with van der Waals surface area (Å²) in [6.45, 7) is 2.52. The maximum absolute atomic E-state index is 12.9. The Labute approximate surface area is 137 Å². The molecule has 6 nitrogen and oxygen atoms in total. The van der Waals surface area contributed by atoms with E-state index in [4.69, 9.17) is 18.9 Å². The van der Waals surface area contributed by atoms with Gasteiger partial charge in [0, 0.05) is 36.1 Å². The van der Waals surface area contributed by atoms with Gasteiger partial charge in [-0.3, -0.25) is 9.59 Å². The Morgan fingerprint density at radius 2 is 1.86 bits per heavy atom. The van der Waals surface area contributed by atoms with Gasteiger partial charge in [0.25, 0.3) is 0 Å². The standard InChI is InChI=1S/C15H19BrO6/c1-7(17)8-6-9-11(14-21-4-5-22-14)12(16)10(8)13(18)15(9,19-2)20-3/h8-10,14H,4-6H2,1-3H3/t8-,9+,10+/m0/s1. The first kappa shape index (κ1) is 16.3. The van der Waals surface area contributed by atoms with Crippen LogP contribution in [0.1, 0.15) is 13.3 Å². The minimum Gasteiger partial charge on any atom is -0.347 e. The molecule has 0 aromatic carbocycles. The van der Waals surface area contributed by atoms with Crippen LogP contribution in [0.3, 0.4) is 0 Å². The molecule has 4 aliphatic rings. The monoisotopic (exact) mass is 374 g/mol. The van der Waals surface area contributed by atoms with Crippen LogP contribution in [0.25, 0.3) is 0 Å². The Bertz CT molecular complexity index is 532. The van der Waals surface area contributed by atoms with E-state index in [-0.39, 0.29) is 17.5 Å². The van der Waals surface area contributed by atoms with Gasteiger partial charge < -0.3 is 18.9 Å². The van der Waals surface area contributed by atoms with Gasteiger partial charge in [-0.05, 0) is 13.3 Å². The average molecular weight is 375 g/mol. The molecule has 4 rings (SSSR count). The molecule has 0 amide bonds. The van der Waals surface area contributed by atoms with E-state index in [1.54, 1.807) is 0 Å². The summed E-state index contributed by atoms with van der Waals surface area (Å²) < 4.78 is 22.9.